The first-order valence-corrected chi connectivity index (χ1v) is 4.61. The molecule has 0 aliphatic carbocycles. The molecule has 1 aliphatic heterocycles. The van der Waals surface area contributed by atoms with Crippen LogP contribution in [0.3, 0.4) is 0 Å². The average molecular weight is 153 g/mol. The zero-order chi connectivity index (χ0) is 7.40. The summed E-state index contributed by atoms with van der Waals surface area (Å²) in [5.41, 5.74) is 1.18. The van der Waals surface area contributed by atoms with E-state index < -0.39 is 0 Å². The lowest BCUT2D eigenvalue weighted by Gasteiger charge is -2.00. The Morgan fingerprint density at radius 2 is 2.30 bits per heavy atom. The van der Waals surface area contributed by atoms with Gasteiger partial charge < -0.3 is 0 Å². The van der Waals surface area contributed by atoms with Crippen LogP contribution in [0.15, 0.2) is 17.1 Å². The summed E-state index contributed by atoms with van der Waals surface area (Å²) in [4.78, 5) is 4.31. The standard InChI is InChI=1S/C8H12NP/c1-7(2)8-4-3-5-10-6-9-8/h3-7,10H,1-2H3. The Morgan fingerprint density at radius 3 is 3.00 bits per heavy atom. The van der Waals surface area contributed by atoms with Crippen molar-refractivity contribution in [2.45, 2.75) is 13.8 Å². The molecule has 2 heteroatoms. The molecule has 0 bridgehead atoms. The molecule has 1 heterocycles. The van der Waals surface area contributed by atoms with E-state index in [1.54, 1.807) is 0 Å². The third kappa shape index (κ3) is 2.00. The van der Waals surface area contributed by atoms with Crippen molar-refractivity contribution in [3.63, 3.8) is 0 Å². The van der Waals surface area contributed by atoms with E-state index in [-0.39, 0.29) is 0 Å². The van der Waals surface area contributed by atoms with Crippen molar-refractivity contribution in [1.29, 1.82) is 0 Å². The molecular formula is C8H12NP. The average Bonchev–Trinajstić information content (AvgIpc) is 2.12. The Hall–Kier alpha value is -0.550. The lowest BCUT2D eigenvalue weighted by atomic mass is 10.1. The molecule has 0 fully saturated rings. The van der Waals surface area contributed by atoms with Crippen molar-refractivity contribution in [1.82, 2.24) is 0 Å². The molecule has 0 amide bonds. The van der Waals surface area contributed by atoms with Crippen LogP contribution in [-0.4, -0.2) is 17.4 Å². The largest absolute Gasteiger partial charge is 0.257 e. The summed E-state index contributed by atoms with van der Waals surface area (Å²) in [6, 6.07) is 0. The van der Waals surface area contributed by atoms with Crippen LogP contribution in [0.1, 0.15) is 13.8 Å². The van der Waals surface area contributed by atoms with Crippen LogP contribution >= 0.6 is 7.83 Å². The van der Waals surface area contributed by atoms with Crippen molar-refractivity contribution < 1.29 is 0 Å². The van der Waals surface area contributed by atoms with E-state index in [0.717, 1.165) is 7.83 Å². The molecule has 1 rings (SSSR count). The molecule has 0 N–H and O–H groups in total. The molecule has 54 valence electrons. The first-order valence-electron chi connectivity index (χ1n) is 3.46. The number of allylic oxidation sites excluding steroid dienone is 2. The summed E-state index contributed by atoms with van der Waals surface area (Å²) in [5.74, 6) is 4.66. The summed E-state index contributed by atoms with van der Waals surface area (Å²) in [5, 5.41) is 0. The van der Waals surface area contributed by atoms with E-state index in [2.05, 4.69) is 36.8 Å². The van der Waals surface area contributed by atoms with Gasteiger partial charge in [0.25, 0.3) is 0 Å². The van der Waals surface area contributed by atoms with Crippen LogP contribution in [0, 0.1) is 5.92 Å². The minimum atomic E-state index is 0.545. The van der Waals surface area contributed by atoms with Gasteiger partial charge in [0.1, 0.15) is 0 Å². The Bertz CT molecular complexity index is 230. The summed E-state index contributed by atoms with van der Waals surface area (Å²) in [7, 11) is 0.749. The fourth-order valence-electron chi connectivity index (χ4n) is 0.742. The Kier molecular flexibility index (Phi) is 2.70. The quantitative estimate of drug-likeness (QED) is 0.510. The maximum absolute atomic E-state index is 4.31. The van der Waals surface area contributed by atoms with Gasteiger partial charge in [-0.3, -0.25) is 4.99 Å². The topological polar surface area (TPSA) is 12.4 Å². The van der Waals surface area contributed by atoms with E-state index in [1.165, 1.54) is 5.71 Å². The molecule has 0 spiro atoms. The van der Waals surface area contributed by atoms with Crippen molar-refractivity contribution in [3.8, 4) is 0 Å². The molecule has 0 aromatic heterocycles. The second kappa shape index (κ2) is 3.58. The van der Waals surface area contributed by atoms with Gasteiger partial charge in [0.05, 0.1) is 0 Å². The molecule has 1 nitrogen and oxygen atoms in total. The van der Waals surface area contributed by atoms with Gasteiger partial charge in [0, 0.05) is 11.6 Å². The van der Waals surface area contributed by atoms with Crippen LogP contribution in [0.5, 0.6) is 0 Å². The molecule has 1 atom stereocenters. The Labute approximate surface area is 62.9 Å². The zero-order valence-corrected chi connectivity index (χ0v) is 7.33. The molecule has 0 saturated carbocycles. The van der Waals surface area contributed by atoms with Crippen molar-refractivity contribution in [2.24, 2.45) is 10.9 Å². The van der Waals surface area contributed by atoms with Crippen LogP contribution in [0.4, 0.5) is 0 Å². The van der Waals surface area contributed by atoms with E-state index in [9.17, 15) is 0 Å². The lowest BCUT2D eigenvalue weighted by molar-refractivity contribution is 0.892. The van der Waals surface area contributed by atoms with Gasteiger partial charge in [-0.1, -0.05) is 19.9 Å². The molecular weight excluding hydrogens is 141 g/mol. The highest BCUT2D eigenvalue weighted by molar-refractivity contribution is 7.39. The third-order valence-corrected chi connectivity index (χ3v) is 2.00. The highest BCUT2D eigenvalue weighted by atomic mass is 31.0. The highest BCUT2D eigenvalue weighted by Crippen LogP contribution is 2.00. The van der Waals surface area contributed by atoms with Gasteiger partial charge in [-0.2, -0.15) is 0 Å². The summed E-state index contributed by atoms with van der Waals surface area (Å²) < 4.78 is 0. The Balaban J connectivity index is 2.81. The van der Waals surface area contributed by atoms with Crippen LogP contribution < -0.4 is 0 Å². The Morgan fingerprint density at radius 1 is 1.50 bits per heavy atom. The molecule has 0 saturated heterocycles. The summed E-state index contributed by atoms with van der Waals surface area (Å²) in [6.45, 7) is 4.32. The first kappa shape index (κ1) is 7.56. The molecule has 10 heavy (non-hydrogen) atoms. The van der Waals surface area contributed by atoms with E-state index in [0.29, 0.717) is 5.92 Å². The number of hydrogen-bond acceptors (Lipinski definition) is 1. The predicted molar refractivity (Wildman–Crippen MR) is 51.9 cm³/mol. The van der Waals surface area contributed by atoms with Gasteiger partial charge in [-0.15, -0.1) is 7.83 Å². The van der Waals surface area contributed by atoms with E-state index in [1.807, 2.05) is 5.92 Å². The fourth-order valence-corrected chi connectivity index (χ4v) is 1.26. The van der Waals surface area contributed by atoms with Gasteiger partial charge in [-0.25, -0.2) is 0 Å². The van der Waals surface area contributed by atoms with Crippen molar-refractivity contribution in [2.75, 3.05) is 0 Å². The maximum atomic E-state index is 4.31. The number of rotatable bonds is 1. The smallest absolute Gasteiger partial charge is 0.0432 e. The second-order valence-corrected chi connectivity index (χ2v) is 3.46. The maximum Gasteiger partial charge on any atom is 0.0432 e. The van der Waals surface area contributed by atoms with Crippen LogP contribution in [0.25, 0.3) is 0 Å². The normalized spacial score (nSPS) is 18.1. The predicted octanol–water partition coefficient (Wildman–Crippen LogP) is 1.89. The minimum Gasteiger partial charge on any atom is -0.257 e. The van der Waals surface area contributed by atoms with Crippen molar-refractivity contribution >= 4 is 25.3 Å². The molecule has 0 aromatic rings. The van der Waals surface area contributed by atoms with Crippen LogP contribution in [0.2, 0.25) is 0 Å². The molecule has 0 aromatic carbocycles. The van der Waals surface area contributed by atoms with Gasteiger partial charge in [-0.05, 0) is 17.8 Å². The summed E-state index contributed by atoms with van der Waals surface area (Å²) in [6.07, 6.45) is 4.17. The molecule has 1 unspecified atom stereocenters. The number of hydrogen-bond donors (Lipinski definition) is 0. The number of aliphatic imine (C=N–C) groups is 1. The van der Waals surface area contributed by atoms with Crippen molar-refractivity contribution in [3.05, 3.63) is 12.2 Å². The first-order chi connectivity index (χ1) is 4.80. The van der Waals surface area contributed by atoms with Gasteiger partial charge >= 0.3 is 0 Å². The van der Waals surface area contributed by atoms with Gasteiger partial charge in [0.15, 0.2) is 0 Å². The monoisotopic (exact) mass is 153 g/mol. The van der Waals surface area contributed by atoms with E-state index in [4.69, 9.17) is 0 Å². The summed E-state index contributed by atoms with van der Waals surface area (Å²) >= 11 is 0. The molecule has 1 aliphatic rings. The van der Waals surface area contributed by atoms with E-state index >= 15 is 0 Å². The highest BCUT2D eigenvalue weighted by Gasteiger charge is 1.98. The fraction of sp³-hybridized carbons (Fsp3) is 0.375. The number of nitrogens with zero attached hydrogens (tertiary/aromatic N) is 1. The van der Waals surface area contributed by atoms with Crippen LogP contribution in [-0.2, 0) is 0 Å². The second-order valence-electron chi connectivity index (χ2n) is 2.53. The third-order valence-electron chi connectivity index (χ3n) is 1.34. The molecule has 0 radical (unpaired) electrons. The minimum absolute atomic E-state index is 0.545. The zero-order valence-electron chi connectivity index (χ0n) is 6.33. The SMILES string of the molecule is CC(C)C1=NC=[PH]=CC=C1. The van der Waals surface area contributed by atoms with Gasteiger partial charge in [0.2, 0.25) is 0 Å². The lowest BCUT2D eigenvalue weighted by Crippen LogP contribution is -2.03.